The summed E-state index contributed by atoms with van der Waals surface area (Å²) in [6, 6.07) is 8.17. The number of alkyl halides is 1. The highest BCUT2D eigenvalue weighted by Crippen LogP contribution is 2.22. The molecule has 1 N–H and O–H groups in total. The molecule has 2 amide bonds. The number of benzene rings is 1. The maximum atomic E-state index is 13.9. The summed E-state index contributed by atoms with van der Waals surface area (Å²) in [5.41, 5.74) is 1.20. The minimum Gasteiger partial charge on any atom is -0.445 e. The molecule has 7 nitrogen and oxygen atoms in total. The molecule has 1 fully saturated rings. The molecule has 0 spiro atoms. The number of hydrogen-bond acceptors (Lipinski definition) is 5. The molecular formula is C18H18ClFN4O3. The molecule has 0 bridgehead atoms. The van der Waals surface area contributed by atoms with Crippen LogP contribution in [0.5, 0.6) is 0 Å². The van der Waals surface area contributed by atoms with E-state index in [-0.39, 0.29) is 31.3 Å². The molecule has 27 heavy (non-hydrogen) atoms. The lowest BCUT2D eigenvalue weighted by Gasteiger charge is -2.23. The van der Waals surface area contributed by atoms with E-state index < -0.39 is 24.2 Å². The Labute approximate surface area is 160 Å². The Kier molecular flexibility index (Phi) is 6.18. The molecule has 0 aliphatic carbocycles. The van der Waals surface area contributed by atoms with Crippen LogP contribution in [0.25, 0.3) is 0 Å². The summed E-state index contributed by atoms with van der Waals surface area (Å²) in [7, 11) is 0. The molecule has 1 aliphatic heterocycles. The molecule has 2 heterocycles. The average molecular weight is 393 g/mol. The number of carbonyl (C=O) groups excluding carboxylic acids is 2. The zero-order valence-corrected chi connectivity index (χ0v) is 15.1. The highest BCUT2D eigenvalue weighted by molar-refractivity contribution is 6.29. The molecule has 3 rings (SSSR count). The predicted octanol–water partition coefficient (Wildman–Crippen LogP) is 2.50. The van der Waals surface area contributed by atoms with Crippen molar-refractivity contribution in [3.63, 3.8) is 0 Å². The second-order valence-corrected chi connectivity index (χ2v) is 6.41. The van der Waals surface area contributed by atoms with Gasteiger partial charge in [0.15, 0.2) is 5.15 Å². The minimum atomic E-state index is -1.29. The zero-order chi connectivity index (χ0) is 19.2. The summed E-state index contributed by atoms with van der Waals surface area (Å²) >= 11 is 5.90. The van der Waals surface area contributed by atoms with E-state index >= 15 is 0 Å². The van der Waals surface area contributed by atoms with Gasteiger partial charge in [-0.05, 0) is 5.56 Å². The first-order valence-electron chi connectivity index (χ1n) is 8.39. The van der Waals surface area contributed by atoms with Gasteiger partial charge in [-0.3, -0.25) is 14.7 Å². The lowest BCUT2D eigenvalue weighted by molar-refractivity contribution is -0.125. The standard InChI is InChI=1S/C18H18ClFN4O3/c19-16-14(21-6-7-22-16)9-23-17(25)15-8-13(20)10-24(15)18(26)27-11-12-4-2-1-3-5-12/h1-7,13,15H,8-11H2,(H,23,25)/t13-,15-/m0/s1. The van der Waals surface area contributed by atoms with Crippen LogP contribution in [-0.2, 0) is 22.7 Å². The maximum absolute atomic E-state index is 13.9. The molecule has 2 aromatic rings. The summed E-state index contributed by atoms with van der Waals surface area (Å²) < 4.78 is 19.1. The predicted molar refractivity (Wildman–Crippen MR) is 95.5 cm³/mol. The zero-order valence-electron chi connectivity index (χ0n) is 14.3. The summed E-state index contributed by atoms with van der Waals surface area (Å²) in [5.74, 6) is -0.492. The largest absolute Gasteiger partial charge is 0.445 e. The number of carbonyl (C=O) groups is 2. The van der Waals surface area contributed by atoms with Crippen LogP contribution >= 0.6 is 11.6 Å². The van der Waals surface area contributed by atoms with Crippen LogP contribution in [-0.4, -0.2) is 45.6 Å². The molecule has 1 aliphatic rings. The number of aromatic nitrogens is 2. The lowest BCUT2D eigenvalue weighted by Crippen LogP contribution is -2.46. The van der Waals surface area contributed by atoms with Gasteiger partial charge in [0.2, 0.25) is 5.91 Å². The van der Waals surface area contributed by atoms with Gasteiger partial charge in [0.1, 0.15) is 18.8 Å². The van der Waals surface area contributed by atoms with Gasteiger partial charge in [0.25, 0.3) is 0 Å². The molecule has 0 unspecified atom stereocenters. The molecule has 1 saturated heterocycles. The monoisotopic (exact) mass is 392 g/mol. The van der Waals surface area contributed by atoms with Gasteiger partial charge < -0.3 is 10.1 Å². The number of hydrogen-bond donors (Lipinski definition) is 1. The first-order valence-corrected chi connectivity index (χ1v) is 8.77. The van der Waals surface area contributed by atoms with Gasteiger partial charge >= 0.3 is 6.09 Å². The van der Waals surface area contributed by atoms with Gasteiger partial charge in [-0.15, -0.1) is 0 Å². The third-order valence-electron chi connectivity index (χ3n) is 4.15. The molecule has 2 atom stereocenters. The number of amides is 2. The van der Waals surface area contributed by atoms with Gasteiger partial charge in [-0.25, -0.2) is 14.2 Å². The topological polar surface area (TPSA) is 84.4 Å². The van der Waals surface area contributed by atoms with E-state index in [4.69, 9.17) is 16.3 Å². The number of nitrogens with one attached hydrogen (secondary N) is 1. The Morgan fingerprint density at radius 1 is 1.26 bits per heavy atom. The highest BCUT2D eigenvalue weighted by atomic mass is 35.5. The van der Waals surface area contributed by atoms with Crippen molar-refractivity contribution in [2.24, 2.45) is 0 Å². The Morgan fingerprint density at radius 2 is 2.00 bits per heavy atom. The van der Waals surface area contributed by atoms with E-state index in [0.29, 0.717) is 5.69 Å². The Balaban J connectivity index is 1.58. The number of halogens is 2. The molecule has 1 aromatic heterocycles. The van der Waals surface area contributed by atoms with Crippen LogP contribution in [0.2, 0.25) is 5.15 Å². The fraction of sp³-hybridized carbons (Fsp3) is 0.333. The van der Waals surface area contributed by atoms with Crippen LogP contribution in [0.3, 0.4) is 0 Å². The van der Waals surface area contributed by atoms with Crippen molar-refractivity contribution >= 4 is 23.6 Å². The van der Waals surface area contributed by atoms with Crippen molar-refractivity contribution in [3.05, 3.63) is 59.1 Å². The van der Waals surface area contributed by atoms with E-state index in [1.54, 1.807) is 0 Å². The lowest BCUT2D eigenvalue weighted by atomic mass is 10.2. The van der Waals surface area contributed by atoms with Crippen molar-refractivity contribution in [1.82, 2.24) is 20.2 Å². The first kappa shape index (κ1) is 19.0. The second-order valence-electron chi connectivity index (χ2n) is 6.05. The second kappa shape index (κ2) is 8.77. The Hall–Kier alpha value is -2.74. The summed E-state index contributed by atoms with van der Waals surface area (Å²) in [5, 5.41) is 2.79. The first-order chi connectivity index (χ1) is 13.0. The number of rotatable bonds is 5. The molecule has 1 aromatic carbocycles. The summed E-state index contributed by atoms with van der Waals surface area (Å²) in [6.45, 7) is -0.0971. The van der Waals surface area contributed by atoms with Crippen molar-refractivity contribution in [1.29, 1.82) is 0 Å². The van der Waals surface area contributed by atoms with Gasteiger partial charge in [0, 0.05) is 18.8 Å². The van der Waals surface area contributed by atoms with Crippen molar-refractivity contribution < 1.29 is 18.7 Å². The third kappa shape index (κ3) is 4.91. The number of likely N-dealkylation sites (tertiary alicyclic amines) is 1. The number of ether oxygens (including phenoxy) is 1. The maximum Gasteiger partial charge on any atom is 0.410 e. The van der Waals surface area contributed by atoms with E-state index in [1.165, 1.54) is 12.4 Å². The smallest absolute Gasteiger partial charge is 0.410 e. The molecule has 0 radical (unpaired) electrons. The van der Waals surface area contributed by atoms with E-state index in [9.17, 15) is 14.0 Å². The van der Waals surface area contributed by atoms with E-state index in [0.717, 1.165) is 10.5 Å². The van der Waals surface area contributed by atoms with Crippen LogP contribution in [0.4, 0.5) is 9.18 Å². The van der Waals surface area contributed by atoms with E-state index in [1.807, 2.05) is 30.3 Å². The van der Waals surface area contributed by atoms with Gasteiger partial charge in [0.05, 0.1) is 18.8 Å². The Bertz CT molecular complexity index is 808. The van der Waals surface area contributed by atoms with Crippen LogP contribution < -0.4 is 5.32 Å². The Morgan fingerprint density at radius 3 is 2.74 bits per heavy atom. The van der Waals surface area contributed by atoms with Crippen molar-refractivity contribution in [2.45, 2.75) is 31.8 Å². The van der Waals surface area contributed by atoms with Crippen molar-refractivity contribution in [3.8, 4) is 0 Å². The summed E-state index contributed by atoms with van der Waals surface area (Å²) in [4.78, 5) is 33.8. The highest BCUT2D eigenvalue weighted by Gasteiger charge is 2.40. The minimum absolute atomic E-state index is 0.0336. The normalized spacial score (nSPS) is 19.0. The fourth-order valence-electron chi connectivity index (χ4n) is 2.79. The SMILES string of the molecule is O=C(NCc1nccnc1Cl)[C@@H]1C[C@H](F)CN1C(=O)OCc1ccccc1. The van der Waals surface area contributed by atoms with Crippen LogP contribution in [0, 0.1) is 0 Å². The van der Waals surface area contributed by atoms with Crippen LogP contribution in [0.1, 0.15) is 17.7 Å². The average Bonchev–Trinajstić information content (AvgIpc) is 3.08. The molecule has 0 saturated carbocycles. The van der Waals surface area contributed by atoms with Gasteiger partial charge in [-0.1, -0.05) is 41.9 Å². The van der Waals surface area contributed by atoms with Crippen LogP contribution in [0.15, 0.2) is 42.7 Å². The van der Waals surface area contributed by atoms with Crippen molar-refractivity contribution in [2.75, 3.05) is 6.54 Å². The van der Waals surface area contributed by atoms with Gasteiger partial charge in [-0.2, -0.15) is 0 Å². The molecule has 142 valence electrons. The molecule has 9 heteroatoms. The van der Waals surface area contributed by atoms with E-state index in [2.05, 4.69) is 15.3 Å². The number of nitrogens with zero attached hydrogens (tertiary/aromatic N) is 3. The quantitative estimate of drug-likeness (QED) is 0.845. The molecular weight excluding hydrogens is 375 g/mol. The summed E-state index contributed by atoms with van der Waals surface area (Å²) in [6.07, 6.45) is 0.790. The fourth-order valence-corrected chi connectivity index (χ4v) is 2.97. The third-order valence-corrected chi connectivity index (χ3v) is 4.46.